The Labute approximate surface area is 274 Å². The standard InChI is InChI=1S/C44H28O/c1-3-15-29(16-4-1)31-19-7-8-20-33(31)41-34-21-9-11-23-36(34)42(37-24-12-10-22-35(37)41)39-28-27-32(30-17-5-2-6-18-30)44-43(39)38-25-13-14-26-40(38)45-44/h1-28H/i1D,9D,10D,11D,12D,21D,22D,23D,24D. The fraction of sp³-hybridized carbons (Fsp3) is 0. The van der Waals surface area contributed by atoms with E-state index < -0.39 is 24.2 Å². The maximum absolute atomic E-state index is 9.50. The lowest BCUT2D eigenvalue weighted by Gasteiger charge is -2.20. The van der Waals surface area contributed by atoms with Gasteiger partial charge in [-0.1, -0.05) is 158 Å². The predicted octanol–water partition coefficient (Wildman–Crippen LogP) is 12.6. The van der Waals surface area contributed by atoms with Crippen molar-refractivity contribution >= 4 is 43.5 Å². The first-order chi connectivity index (χ1) is 26.1. The molecule has 1 nitrogen and oxygen atoms in total. The Hall–Kier alpha value is -5.92. The third kappa shape index (κ3) is 4.02. The van der Waals surface area contributed by atoms with E-state index >= 15 is 0 Å². The van der Waals surface area contributed by atoms with Gasteiger partial charge < -0.3 is 4.42 Å². The van der Waals surface area contributed by atoms with Crippen molar-refractivity contribution in [3.8, 4) is 44.5 Å². The molecule has 0 spiro atoms. The minimum atomic E-state index is -0.464. The van der Waals surface area contributed by atoms with Crippen molar-refractivity contribution in [2.75, 3.05) is 0 Å². The van der Waals surface area contributed by atoms with Gasteiger partial charge in [0, 0.05) is 16.3 Å². The summed E-state index contributed by atoms with van der Waals surface area (Å²) >= 11 is 0. The van der Waals surface area contributed by atoms with Crippen molar-refractivity contribution in [2.24, 2.45) is 0 Å². The number of fused-ring (bicyclic) bond motifs is 5. The molecule has 1 aromatic heterocycles. The van der Waals surface area contributed by atoms with E-state index in [-0.39, 0.29) is 56.8 Å². The molecule has 210 valence electrons. The maximum Gasteiger partial charge on any atom is 0.143 e. The van der Waals surface area contributed by atoms with Crippen LogP contribution < -0.4 is 0 Å². The number of hydrogen-bond acceptors (Lipinski definition) is 1. The van der Waals surface area contributed by atoms with Gasteiger partial charge in [-0.2, -0.15) is 0 Å². The summed E-state index contributed by atoms with van der Waals surface area (Å²) in [7, 11) is 0. The van der Waals surface area contributed by atoms with Crippen LogP contribution in [0.25, 0.3) is 88.0 Å². The lowest BCUT2D eigenvalue weighted by atomic mass is 9.83. The molecule has 0 atom stereocenters. The van der Waals surface area contributed by atoms with Gasteiger partial charge in [-0.15, -0.1) is 0 Å². The Bertz CT molecular complexity index is 2940. The fourth-order valence-corrected chi connectivity index (χ4v) is 6.56. The average molecular weight is 582 g/mol. The van der Waals surface area contributed by atoms with Gasteiger partial charge >= 0.3 is 0 Å². The van der Waals surface area contributed by atoms with Crippen molar-refractivity contribution in [1.82, 2.24) is 0 Å². The molecule has 0 fully saturated rings. The third-order valence-electron chi connectivity index (χ3n) is 8.48. The van der Waals surface area contributed by atoms with Gasteiger partial charge in [0.15, 0.2) is 0 Å². The Morgan fingerprint density at radius 3 is 1.58 bits per heavy atom. The summed E-state index contributed by atoms with van der Waals surface area (Å²) in [6, 6.07) is 32.4. The molecule has 9 aromatic rings. The molecule has 0 aliphatic rings. The molecular weight excluding hydrogens is 544 g/mol. The van der Waals surface area contributed by atoms with Crippen LogP contribution >= 0.6 is 0 Å². The van der Waals surface area contributed by atoms with Gasteiger partial charge in [0.05, 0.1) is 12.3 Å². The first-order valence-electron chi connectivity index (χ1n) is 19.2. The first kappa shape index (κ1) is 18.0. The summed E-state index contributed by atoms with van der Waals surface area (Å²) in [5.41, 5.74) is 5.78. The molecule has 0 saturated carbocycles. The Morgan fingerprint density at radius 2 is 0.889 bits per heavy atom. The van der Waals surface area contributed by atoms with Gasteiger partial charge in [-0.05, 0) is 72.6 Å². The van der Waals surface area contributed by atoms with Gasteiger partial charge in [0.1, 0.15) is 11.2 Å². The lowest BCUT2D eigenvalue weighted by Crippen LogP contribution is -1.93. The largest absolute Gasteiger partial charge is 0.455 e. The number of benzene rings is 8. The molecule has 0 amide bonds. The highest BCUT2D eigenvalue weighted by atomic mass is 16.3. The molecule has 0 bridgehead atoms. The second-order valence-electron chi connectivity index (χ2n) is 10.9. The summed E-state index contributed by atoms with van der Waals surface area (Å²) in [5.74, 6) is 0. The van der Waals surface area contributed by atoms with Crippen LogP contribution in [-0.2, 0) is 0 Å². The van der Waals surface area contributed by atoms with Crippen molar-refractivity contribution < 1.29 is 16.8 Å². The number of furan rings is 1. The van der Waals surface area contributed by atoms with Crippen molar-refractivity contribution in [1.29, 1.82) is 0 Å². The highest BCUT2D eigenvalue weighted by Gasteiger charge is 2.22. The van der Waals surface area contributed by atoms with Crippen LogP contribution in [0, 0.1) is 0 Å². The number of hydrogen-bond donors (Lipinski definition) is 0. The lowest BCUT2D eigenvalue weighted by molar-refractivity contribution is 0.670. The van der Waals surface area contributed by atoms with E-state index in [1.165, 1.54) is 0 Å². The summed E-state index contributed by atoms with van der Waals surface area (Å²) < 4.78 is 88.1. The van der Waals surface area contributed by atoms with Crippen LogP contribution in [0.2, 0.25) is 0 Å². The molecule has 0 N–H and O–H groups in total. The van der Waals surface area contributed by atoms with Gasteiger partial charge in [0.25, 0.3) is 0 Å². The van der Waals surface area contributed by atoms with Crippen LogP contribution in [-0.4, -0.2) is 0 Å². The minimum Gasteiger partial charge on any atom is -0.455 e. The monoisotopic (exact) mass is 581 g/mol. The zero-order valence-corrected chi connectivity index (χ0v) is 23.9. The third-order valence-corrected chi connectivity index (χ3v) is 8.48. The Balaban J connectivity index is 1.57. The number of para-hydroxylation sites is 1. The molecular formula is C44H28O. The van der Waals surface area contributed by atoms with E-state index in [2.05, 4.69) is 0 Å². The molecule has 0 aliphatic heterocycles. The molecule has 0 aliphatic carbocycles. The topological polar surface area (TPSA) is 13.1 Å². The molecule has 0 radical (unpaired) electrons. The van der Waals surface area contributed by atoms with Crippen LogP contribution in [0.4, 0.5) is 0 Å². The molecule has 0 unspecified atom stereocenters. The SMILES string of the molecule is [2H]c1ccc(-c2ccccc2-c2c3c([2H])c([2H])c([2H])c([2H])c3c(-c3ccc(-c4ccccc4)c4oc5ccccc5c34)c3c([2H])c([2H])c([2H])c([2H])c23)cc1. The predicted molar refractivity (Wildman–Crippen MR) is 190 cm³/mol. The first-order valence-corrected chi connectivity index (χ1v) is 14.7. The number of rotatable bonds is 4. The van der Waals surface area contributed by atoms with Gasteiger partial charge in [-0.25, -0.2) is 0 Å². The minimum absolute atomic E-state index is 0.129. The second kappa shape index (κ2) is 10.4. The zero-order valence-electron chi connectivity index (χ0n) is 32.9. The van der Waals surface area contributed by atoms with Crippen LogP contribution in [0.15, 0.2) is 174 Å². The zero-order chi connectivity index (χ0) is 37.6. The van der Waals surface area contributed by atoms with Crippen molar-refractivity contribution in [3.63, 3.8) is 0 Å². The van der Waals surface area contributed by atoms with Crippen molar-refractivity contribution in [3.05, 3.63) is 170 Å². The van der Waals surface area contributed by atoms with Crippen LogP contribution in [0.3, 0.4) is 0 Å². The van der Waals surface area contributed by atoms with Crippen molar-refractivity contribution in [2.45, 2.75) is 0 Å². The van der Waals surface area contributed by atoms with Crippen LogP contribution in [0.1, 0.15) is 12.3 Å². The Kier molecular flexibility index (Phi) is 4.15. The van der Waals surface area contributed by atoms with E-state index in [9.17, 15) is 5.48 Å². The molecule has 1 heteroatoms. The maximum atomic E-state index is 9.50. The van der Waals surface area contributed by atoms with Gasteiger partial charge in [-0.3, -0.25) is 0 Å². The summed E-state index contributed by atoms with van der Waals surface area (Å²) in [5, 5.41) is 1.92. The van der Waals surface area contributed by atoms with Gasteiger partial charge in [0.2, 0.25) is 0 Å². The van der Waals surface area contributed by atoms with E-state index in [0.29, 0.717) is 39.3 Å². The molecule has 9 rings (SSSR count). The van der Waals surface area contributed by atoms with E-state index in [1.54, 1.807) is 36.4 Å². The highest BCUT2D eigenvalue weighted by molar-refractivity contribution is 6.27. The molecule has 0 saturated heterocycles. The van der Waals surface area contributed by atoms with E-state index in [1.807, 2.05) is 78.9 Å². The smallest absolute Gasteiger partial charge is 0.143 e. The molecule has 1 heterocycles. The fourth-order valence-electron chi connectivity index (χ4n) is 6.56. The summed E-state index contributed by atoms with van der Waals surface area (Å²) in [4.78, 5) is 0. The second-order valence-corrected chi connectivity index (χ2v) is 10.9. The van der Waals surface area contributed by atoms with Crippen LogP contribution in [0.5, 0.6) is 0 Å². The summed E-state index contributed by atoms with van der Waals surface area (Å²) in [6.07, 6.45) is 0. The Morgan fingerprint density at radius 1 is 0.378 bits per heavy atom. The molecule has 45 heavy (non-hydrogen) atoms. The van der Waals surface area contributed by atoms with E-state index in [4.69, 9.17) is 11.3 Å². The van der Waals surface area contributed by atoms with E-state index in [0.717, 1.165) is 22.1 Å². The quantitative estimate of drug-likeness (QED) is 0.188. The highest BCUT2D eigenvalue weighted by Crippen LogP contribution is 2.49. The summed E-state index contributed by atoms with van der Waals surface area (Å²) in [6.45, 7) is 0. The average Bonchev–Trinajstić information content (AvgIpc) is 3.60. The normalized spacial score (nSPS) is 14.4. The molecule has 8 aromatic carbocycles.